The summed E-state index contributed by atoms with van der Waals surface area (Å²) in [5.41, 5.74) is 1.98. The first-order valence-corrected chi connectivity index (χ1v) is 12.0. The van der Waals surface area contributed by atoms with Crippen molar-refractivity contribution in [2.75, 3.05) is 25.1 Å². The van der Waals surface area contributed by atoms with E-state index in [0.717, 1.165) is 42.8 Å². The van der Waals surface area contributed by atoms with Crippen molar-refractivity contribution in [1.29, 1.82) is 0 Å². The van der Waals surface area contributed by atoms with Gasteiger partial charge < -0.3 is 14.1 Å². The molecule has 0 saturated carbocycles. The number of nitrogens with zero attached hydrogens (tertiary/aromatic N) is 2. The van der Waals surface area contributed by atoms with Crippen molar-refractivity contribution in [3.63, 3.8) is 0 Å². The molecule has 0 amide bonds. The summed E-state index contributed by atoms with van der Waals surface area (Å²) in [5, 5.41) is 0.00872. The highest BCUT2D eigenvalue weighted by Crippen LogP contribution is 2.34. The number of ether oxygens (including phenoxy) is 1. The van der Waals surface area contributed by atoms with Crippen LogP contribution in [0.1, 0.15) is 36.8 Å². The molecule has 1 aromatic heterocycles. The third-order valence-electron chi connectivity index (χ3n) is 5.79. The molecule has 0 N–H and O–H groups in total. The Hall–Kier alpha value is -2.80. The van der Waals surface area contributed by atoms with E-state index < -0.39 is 9.84 Å². The zero-order valence-corrected chi connectivity index (χ0v) is 19.0. The fraction of sp³-hybridized carbons (Fsp3) is 0.375. The highest BCUT2D eigenvalue weighted by atomic mass is 32.2. The van der Waals surface area contributed by atoms with Gasteiger partial charge in [0.1, 0.15) is 5.75 Å². The van der Waals surface area contributed by atoms with Crippen molar-refractivity contribution in [2.24, 2.45) is 5.92 Å². The lowest BCUT2D eigenvalue weighted by atomic mass is 9.99. The first-order valence-electron chi connectivity index (χ1n) is 10.6. The lowest BCUT2D eigenvalue weighted by Gasteiger charge is -2.30. The molecule has 0 bridgehead atoms. The molecule has 0 radical (unpaired) electrons. The number of anilines is 1. The van der Waals surface area contributed by atoms with Gasteiger partial charge in [-0.15, -0.1) is 0 Å². The maximum absolute atomic E-state index is 13.5. The Morgan fingerprint density at radius 1 is 1.06 bits per heavy atom. The van der Waals surface area contributed by atoms with E-state index >= 15 is 0 Å². The van der Waals surface area contributed by atoms with Gasteiger partial charge in [-0.25, -0.2) is 8.42 Å². The zero-order chi connectivity index (χ0) is 22.0. The van der Waals surface area contributed by atoms with Crippen LogP contribution in [0, 0.1) is 12.8 Å². The highest BCUT2D eigenvalue weighted by Gasteiger charge is 2.32. The van der Waals surface area contributed by atoms with Gasteiger partial charge in [0.15, 0.2) is 0 Å². The lowest BCUT2D eigenvalue weighted by molar-refractivity contribution is 0.407. The molecule has 164 valence electrons. The molecule has 31 heavy (non-hydrogen) atoms. The minimum atomic E-state index is -3.80. The number of hydrogen-bond donors (Lipinski definition) is 0. The second kappa shape index (κ2) is 8.75. The van der Waals surface area contributed by atoms with E-state index in [1.807, 2.05) is 36.1 Å². The van der Waals surface area contributed by atoms with E-state index in [9.17, 15) is 8.42 Å². The van der Waals surface area contributed by atoms with Gasteiger partial charge in [-0.05, 0) is 55.5 Å². The molecule has 2 aromatic carbocycles. The number of aryl methyl sites for hydroxylation is 1. The number of methoxy groups -OCH3 is 1. The minimum absolute atomic E-state index is 0.00872. The van der Waals surface area contributed by atoms with Crippen LogP contribution in [0.15, 0.2) is 62.9 Å². The molecule has 1 saturated heterocycles. The number of piperidine rings is 1. The fourth-order valence-corrected chi connectivity index (χ4v) is 5.09. The van der Waals surface area contributed by atoms with Gasteiger partial charge >= 0.3 is 0 Å². The second-order valence-electron chi connectivity index (χ2n) is 8.23. The monoisotopic (exact) mass is 440 g/mol. The van der Waals surface area contributed by atoms with Crippen molar-refractivity contribution in [1.82, 2.24) is 4.98 Å². The summed E-state index contributed by atoms with van der Waals surface area (Å²) in [4.78, 5) is 6.74. The van der Waals surface area contributed by atoms with E-state index in [1.165, 1.54) is 0 Å². The summed E-state index contributed by atoms with van der Waals surface area (Å²) < 4.78 is 38.2. The molecular formula is C24H28N2O4S. The summed E-state index contributed by atoms with van der Waals surface area (Å²) in [7, 11) is -2.18. The van der Waals surface area contributed by atoms with Gasteiger partial charge in [0.2, 0.25) is 26.6 Å². The van der Waals surface area contributed by atoms with Gasteiger partial charge in [-0.1, -0.05) is 36.8 Å². The van der Waals surface area contributed by atoms with E-state index in [2.05, 4.69) is 11.9 Å². The zero-order valence-electron chi connectivity index (χ0n) is 18.2. The van der Waals surface area contributed by atoms with Crippen LogP contribution in [-0.4, -0.2) is 33.6 Å². The minimum Gasteiger partial charge on any atom is -0.497 e. The Labute approximate surface area is 183 Å². The van der Waals surface area contributed by atoms with Gasteiger partial charge in [-0.2, -0.15) is 4.98 Å². The number of rotatable bonds is 6. The molecule has 1 fully saturated rings. The van der Waals surface area contributed by atoms with Crippen molar-refractivity contribution >= 4 is 15.7 Å². The van der Waals surface area contributed by atoms with Crippen LogP contribution in [0.5, 0.6) is 5.75 Å². The van der Waals surface area contributed by atoms with Crippen LogP contribution >= 0.6 is 0 Å². The molecule has 7 heteroatoms. The molecule has 4 rings (SSSR count). The van der Waals surface area contributed by atoms with Crippen LogP contribution in [0.4, 0.5) is 5.88 Å². The second-order valence-corrected chi connectivity index (χ2v) is 10.1. The normalized spacial score (nSPS) is 15.3. The van der Waals surface area contributed by atoms with Gasteiger partial charge in [0, 0.05) is 19.5 Å². The van der Waals surface area contributed by atoms with Crippen molar-refractivity contribution in [3.8, 4) is 5.75 Å². The van der Waals surface area contributed by atoms with Crippen molar-refractivity contribution < 1.29 is 17.6 Å². The summed E-state index contributed by atoms with van der Waals surface area (Å²) in [6.45, 7) is 5.67. The van der Waals surface area contributed by atoms with E-state index in [1.54, 1.807) is 31.4 Å². The third kappa shape index (κ3) is 4.61. The molecule has 6 nitrogen and oxygen atoms in total. The first-order chi connectivity index (χ1) is 14.9. The largest absolute Gasteiger partial charge is 0.497 e. The smallest absolute Gasteiger partial charge is 0.236 e. The van der Waals surface area contributed by atoms with Crippen LogP contribution < -0.4 is 9.64 Å². The molecule has 0 unspecified atom stereocenters. The number of aromatic nitrogens is 1. The molecule has 0 atom stereocenters. The predicted octanol–water partition coefficient (Wildman–Crippen LogP) is 4.65. The average Bonchev–Trinajstić information content (AvgIpc) is 3.20. The van der Waals surface area contributed by atoms with Gasteiger partial charge in [-0.3, -0.25) is 0 Å². The lowest BCUT2D eigenvalue weighted by Crippen LogP contribution is -2.33. The van der Waals surface area contributed by atoms with Crippen LogP contribution in [0.25, 0.3) is 0 Å². The van der Waals surface area contributed by atoms with Crippen molar-refractivity contribution in [2.45, 2.75) is 43.0 Å². The molecular weight excluding hydrogens is 412 g/mol. The Morgan fingerprint density at radius 3 is 2.32 bits per heavy atom. The quantitative estimate of drug-likeness (QED) is 0.555. The number of oxazole rings is 1. The van der Waals surface area contributed by atoms with Gasteiger partial charge in [0.05, 0.1) is 12.0 Å². The van der Waals surface area contributed by atoms with Crippen LogP contribution in [0.3, 0.4) is 0 Å². The maximum atomic E-state index is 13.5. The van der Waals surface area contributed by atoms with E-state index in [-0.39, 0.29) is 9.92 Å². The Bertz CT molecular complexity index is 1130. The standard InChI is InChI=1S/C24H28N2O4S/c1-17-4-10-21(11-5-17)31(27,28)23-24(26-14-12-18(2)13-15-26)30-22(25-23)16-19-6-8-20(29-3)9-7-19/h4-11,18H,12-16H2,1-3H3. The Morgan fingerprint density at radius 2 is 1.71 bits per heavy atom. The molecule has 1 aliphatic heterocycles. The first kappa shape index (κ1) is 21.4. The molecule has 0 aliphatic carbocycles. The molecule has 3 aromatic rings. The predicted molar refractivity (Wildman–Crippen MR) is 120 cm³/mol. The molecule has 1 aliphatic rings. The molecule has 0 spiro atoms. The summed E-state index contributed by atoms with van der Waals surface area (Å²) in [6.07, 6.45) is 2.40. The number of benzene rings is 2. The van der Waals surface area contributed by atoms with Crippen molar-refractivity contribution in [3.05, 3.63) is 65.5 Å². The highest BCUT2D eigenvalue weighted by molar-refractivity contribution is 7.91. The maximum Gasteiger partial charge on any atom is 0.236 e. The van der Waals surface area contributed by atoms with Gasteiger partial charge in [0.25, 0.3) is 0 Å². The van der Waals surface area contributed by atoms with Crippen LogP contribution in [0.2, 0.25) is 0 Å². The fourth-order valence-electron chi connectivity index (χ4n) is 3.75. The number of sulfone groups is 1. The van der Waals surface area contributed by atoms with Crippen LogP contribution in [-0.2, 0) is 16.3 Å². The summed E-state index contributed by atoms with van der Waals surface area (Å²) in [6, 6.07) is 14.5. The Kier molecular flexibility index (Phi) is 6.05. The Balaban J connectivity index is 1.72. The van der Waals surface area contributed by atoms with E-state index in [4.69, 9.17) is 9.15 Å². The average molecular weight is 441 g/mol. The molecule has 2 heterocycles. The van der Waals surface area contributed by atoms with E-state index in [0.29, 0.717) is 24.1 Å². The topological polar surface area (TPSA) is 72.6 Å². The SMILES string of the molecule is COc1ccc(Cc2nc(S(=O)(=O)c3ccc(C)cc3)c(N3CCC(C)CC3)o2)cc1. The summed E-state index contributed by atoms with van der Waals surface area (Å²) in [5.74, 6) is 2.14. The third-order valence-corrected chi connectivity index (χ3v) is 7.46. The summed E-state index contributed by atoms with van der Waals surface area (Å²) >= 11 is 0. The number of hydrogen-bond acceptors (Lipinski definition) is 6.